The van der Waals surface area contributed by atoms with E-state index in [-0.39, 0.29) is 0 Å². The normalized spacial score (nSPS) is 9.83. The lowest BCUT2D eigenvalue weighted by Gasteiger charge is -2.04. The zero-order valence-corrected chi connectivity index (χ0v) is 8.63. The van der Waals surface area contributed by atoms with E-state index in [4.69, 9.17) is 0 Å². The van der Waals surface area contributed by atoms with E-state index in [0.717, 1.165) is 23.3 Å². The smallest absolute Gasteiger partial charge is 0.138 e. The molecule has 0 bridgehead atoms. The van der Waals surface area contributed by atoms with E-state index in [1.165, 1.54) is 0 Å². The Labute approximate surface area is 80.6 Å². The first-order chi connectivity index (χ1) is 5.75. The van der Waals surface area contributed by atoms with Gasteiger partial charge in [-0.2, -0.15) is 5.10 Å². The number of aryl methyl sites for hydroxylation is 1. The van der Waals surface area contributed by atoms with E-state index in [0.29, 0.717) is 0 Å². The number of hydrogen-bond donors (Lipinski definition) is 1. The summed E-state index contributed by atoms with van der Waals surface area (Å²) in [5, 5.41) is 7.32. The Hall–Kier alpha value is -0.770. The molecule has 0 aliphatic carbocycles. The number of halogens is 1. The summed E-state index contributed by atoms with van der Waals surface area (Å²) in [5.74, 6) is 1.01. The second-order valence-corrected chi connectivity index (χ2v) is 3.32. The van der Waals surface area contributed by atoms with Crippen LogP contribution in [0.5, 0.6) is 0 Å². The third-order valence-corrected chi connectivity index (χ3v) is 2.12. The van der Waals surface area contributed by atoms with Gasteiger partial charge < -0.3 is 5.32 Å². The molecule has 0 aliphatic rings. The van der Waals surface area contributed by atoms with Crippen molar-refractivity contribution in [3.8, 4) is 0 Å². The van der Waals surface area contributed by atoms with Crippen LogP contribution in [0.4, 0.5) is 5.82 Å². The Morgan fingerprint density at radius 1 is 1.83 bits per heavy atom. The number of hydrogen-bond acceptors (Lipinski definition) is 2. The molecule has 12 heavy (non-hydrogen) atoms. The maximum absolute atomic E-state index is 4.08. The van der Waals surface area contributed by atoms with Crippen LogP contribution >= 0.6 is 15.9 Å². The lowest BCUT2D eigenvalue weighted by atomic mass is 10.4. The van der Waals surface area contributed by atoms with Gasteiger partial charge >= 0.3 is 0 Å². The molecule has 1 N–H and O–H groups in total. The highest BCUT2D eigenvalue weighted by Gasteiger charge is 2.02. The molecule has 0 fully saturated rings. The highest BCUT2D eigenvalue weighted by molar-refractivity contribution is 9.10. The van der Waals surface area contributed by atoms with Crippen molar-refractivity contribution < 1.29 is 0 Å². The molecule has 0 radical (unpaired) electrons. The molecule has 0 spiro atoms. The molecule has 66 valence electrons. The van der Waals surface area contributed by atoms with E-state index < -0.39 is 0 Å². The predicted molar refractivity (Wildman–Crippen MR) is 54.2 cm³/mol. The van der Waals surface area contributed by atoms with Gasteiger partial charge in [0.2, 0.25) is 0 Å². The highest BCUT2D eigenvalue weighted by atomic mass is 79.9. The Morgan fingerprint density at radius 2 is 2.58 bits per heavy atom. The molecule has 0 amide bonds. The van der Waals surface area contributed by atoms with Crippen LogP contribution in [0.3, 0.4) is 0 Å². The number of nitrogens with one attached hydrogen (secondary N) is 1. The summed E-state index contributed by atoms with van der Waals surface area (Å²) in [7, 11) is 1.90. The van der Waals surface area contributed by atoms with E-state index in [1.807, 2.05) is 13.1 Å². The van der Waals surface area contributed by atoms with Crippen LogP contribution in [0.2, 0.25) is 0 Å². The Bertz CT molecular complexity index is 248. The lowest BCUT2D eigenvalue weighted by Crippen LogP contribution is -2.05. The van der Waals surface area contributed by atoms with Crippen molar-refractivity contribution >= 4 is 21.7 Å². The fourth-order valence-corrected chi connectivity index (χ4v) is 1.39. The fourth-order valence-electron chi connectivity index (χ4n) is 0.902. The number of rotatable bonds is 4. The zero-order chi connectivity index (χ0) is 8.97. The SMILES string of the molecule is C=CCCNc1c(Br)cnn1C. The quantitative estimate of drug-likeness (QED) is 0.634. The molecular formula is C8H12BrN3. The van der Waals surface area contributed by atoms with Gasteiger partial charge in [-0.15, -0.1) is 6.58 Å². The summed E-state index contributed by atoms with van der Waals surface area (Å²) in [5.41, 5.74) is 0. The van der Waals surface area contributed by atoms with Gasteiger partial charge in [-0.05, 0) is 22.4 Å². The minimum absolute atomic E-state index is 0.891. The van der Waals surface area contributed by atoms with Gasteiger partial charge in [-0.25, -0.2) is 0 Å². The predicted octanol–water partition coefficient (Wildman–Crippen LogP) is 2.17. The summed E-state index contributed by atoms with van der Waals surface area (Å²) in [6.07, 6.45) is 4.62. The molecule has 4 heteroatoms. The van der Waals surface area contributed by atoms with Gasteiger partial charge in [0.1, 0.15) is 5.82 Å². The van der Waals surface area contributed by atoms with Gasteiger partial charge in [0.25, 0.3) is 0 Å². The number of nitrogens with zero attached hydrogens (tertiary/aromatic N) is 2. The molecule has 1 aromatic rings. The topological polar surface area (TPSA) is 29.9 Å². The average Bonchev–Trinajstić information content (AvgIpc) is 2.35. The molecule has 3 nitrogen and oxygen atoms in total. The molecule has 0 unspecified atom stereocenters. The lowest BCUT2D eigenvalue weighted by molar-refractivity contribution is 0.768. The van der Waals surface area contributed by atoms with Crippen molar-refractivity contribution in [2.45, 2.75) is 6.42 Å². The van der Waals surface area contributed by atoms with Crippen LogP contribution in [0.15, 0.2) is 23.3 Å². The molecule has 0 atom stereocenters. The van der Waals surface area contributed by atoms with Crippen molar-refractivity contribution in [1.82, 2.24) is 9.78 Å². The van der Waals surface area contributed by atoms with Crippen molar-refractivity contribution in [3.05, 3.63) is 23.3 Å². The Balaban J connectivity index is 2.55. The van der Waals surface area contributed by atoms with Gasteiger partial charge in [-0.1, -0.05) is 6.08 Å². The van der Waals surface area contributed by atoms with Crippen LogP contribution in [0, 0.1) is 0 Å². The molecule has 0 aliphatic heterocycles. The second kappa shape index (κ2) is 4.30. The molecule has 0 saturated carbocycles. The molecular weight excluding hydrogens is 218 g/mol. The van der Waals surface area contributed by atoms with Gasteiger partial charge in [-0.3, -0.25) is 4.68 Å². The van der Waals surface area contributed by atoms with Gasteiger partial charge in [0.15, 0.2) is 0 Å². The molecule has 1 rings (SSSR count). The standard InChI is InChI=1S/C8H12BrN3/c1-3-4-5-10-8-7(9)6-11-12(8)2/h3,6,10H,1,4-5H2,2H3. The third kappa shape index (κ3) is 2.11. The summed E-state index contributed by atoms with van der Waals surface area (Å²) >= 11 is 3.40. The Kier molecular flexibility index (Phi) is 3.34. The van der Waals surface area contributed by atoms with Crippen LogP contribution in [-0.2, 0) is 7.05 Å². The average molecular weight is 230 g/mol. The van der Waals surface area contributed by atoms with Crippen LogP contribution in [-0.4, -0.2) is 16.3 Å². The van der Waals surface area contributed by atoms with Crippen LogP contribution < -0.4 is 5.32 Å². The van der Waals surface area contributed by atoms with E-state index in [1.54, 1.807) is 10.9 Å². The van der Waals surface area contributed by atoms with E-state index in [2.05, 4.69) is 32.9 Å². The first-order valence-electron chi connectivity index (χ1n) is 3.78. The second-order valence-electron chi connectivity index (χ2n) is 2.47. The number of anilines is 1. The first kappa shape index (κ1) is 9.32. The van der Waals surface area contributed by atoms with Crippen molar-refractivity contribution in [2.75, 3.05) is 11.9 Å². The first-order valence-corrected chi connectivity index (χ1v) is 4.57. The van der Waals surface area contributed by atoms with Crippen molar-refractivity contribution in [2.24, 2.45) is 7.05 Å². The van der Waals surface area contributed by atoms with Gasteiger partial charge in [0.05, 0.1) is 10.7 Å². The summed E-state index contributed by atoms with van der Waals surface area (Å²) < 4.78 is 2.79. The molecule has 0 aromatic carbocycles. The highest BCUT2D eigenvalue weighted by Crippen LogP contribution is 2.19. The van der Waals surface area contributed by atoms with Crippen molar-refractivity contribution in [3.63, 3.8) is 0 Å². The minimum Gasteiger partial charge on any atom is -0.369 e. The van der Waals surface area contributed by atoms with Crippen LogP contribution in [0.1, 0.15) is 6.42 Å². The maximum atomic E-state index is 4.08. The maximum Gasteiger partial charge on any atom is 0.138 e. The summed E-state index contributed by atoms with van der Waals surface area (Å²) in [6, 6.07) is 0. The largest absolute Gasteiger partial charge is 0.369 e. The fraction of sp³-hybridized carbons (Fsp3) is 0.375. The zero-order valence-electron chi connectivity index (χ0n) is 7.05. The monoisotopic (exact) mass is 229 g/mol. The number of aromatic nitrogens is 2. The third-order valence-electron chi connectivity index (χ3n) is 1.54. The van der Waals surface area contributed by atoms with E-state index in [9.17, 15) is 0 Å². The van der Waals surface area contributed by atoms with Gasteiger partial charge in [0, 0.05) is 13.6 Å². The van der Waals surface area contributed by atoms with Crippen LogP contribution in [0.25, 0.3) is 0 Å². The van der Waals surface area contributed by atoms with Crippen molar-refractivity contribution in [1.29, 1.82) is 0 Å². The van der Waals surface area contributed by atoms with E-state index >= 15 is 0 Å². The molecule has 1 heterocycles. The summed E-state index contributed by atoms with van der Waals surface area (Å²) in [4.78, 5) is 0. The Morgan fingerprint density at radius 3 is 3.08 bits per heavy atom. The summed E-state index contributed by atoms with van der Waals surface area (Å²) in [6.45, 7) is 4.54. The minimum atomic E-state index is 0.891. The molecule has 0 saturated heterocycles. The molecule has 1 aromatic heterocycles.